The fourth-order valence-corrected chi connectivity index (χ4v) is 3.50. The molecule has 1 saturated carbocycles. The van der Waals surface area contributed by atoms with E-state index >= 15 is 0 Å². The third-order valence-corrected chi connectivity index (χ3v) is 5.01. The number of methoxy groups -OCH3 is 1. The molecule has 0 radical (unpaired) electrons. The lowest BCUT2D eigenvalue weighted by Crippen LogP contribution is -2.28. The summed E-state index contributed by atoms with van der Waals surface area (Å²) in [5, 5.41) is 3.69. The van der Waals surface area contributed by atoms with Crippen molar-refractivity contribution in [2.75, 3.05) is 7.11 Å². The van der Waals surface area contributed by atoms with E-state index in [1.165, 1.54) is 50.7 Å². The number of nitrogens with one attached hydrogen (secondary N) is 1. The molecular weight excluding hydrogens is 329 g/mol. The van der Waals surface area contributed by atoms with Gasteiger partial charge in [0, 0.05) is 18.2 Å². The Labute approximate surface area is 155 Å². The SMILES string of the molecule is COc1cccc(CNC2CCCCCC2)c1OCc1ccc(F)cc1. The van der Waals surface area contributed by atoms with Gasteiger partial charge in [0.2, 0.25) is 0 Å². The third kappa shape index (κ3) is 5.21. The molecule has 4 heteroatoms. The lowest BCUT2D eigenvalue weighted by molar-refractivity contribution is 0.279. The van der Waals surface area contributed by atoms with Crippen LogP contribution in [0.2, 0.25) is 0 Å². The zero-order chi connectivity index (χ0) is 18.2. The van der Waals surface area contributed by atoms with Crippen molar-refractivity contribution in [2.45, 2.75) is 57.7 Å². The summed E-state index contributed by atoms with van der Waals surface area (Å²) in [6.07, 6.45) is 7.81. The zero-order valence-corrected chi connectivity index (χ0v) is 15.5. The Bertz CT molecular complexity index is 679. The molecule has 3 nitrogen and oxygen atoms in total. The molecule has 0 aliphatic heterocycles. The highest BCUT2D eigenvalue weighted by atomic mass is 19.1. The van der Waals surface area contributed by atoms with E-state index in [0.717, 1.165) is 29.2 Å². The molecule has 2 aromatic carbocycles. The molecule has 0 unspecified atom stereocenters. The van der Waals surface area contributed by atoms with Crippen molar-refractivity contribution in [2.24, 2.45) is 0 Å². The maximum atomic E-state index is 13.1. The molecule has 2 aromatic rings. The maximum absolute atomic E-state index is 13.1. The van der Waals surface area contributed by atoms with Crippen LogP contribution in [0.25, 0.3) is 0 Å². The van der Waals surface area contributed by atoms with Gasteiger partial charge >= 0.3 is 0 Å². The molecule has 26 heavy (non-hydrogen) atoms. The van der Waals surface area contributed by atoms with Gasteiger partial charge in [-0.2, -0.15) is 0 Å². The summed E-state index contributed by atoms with van der Waals surface area (Å²) in [5.74, 6) is 1.26. The summed E-state index contributed by atoms with van der Waals surface area (Å²) < 4.78 is 24.6. The van der Waals surface area contributed by atoms with Gasteiger partial charge < -0.3 is 14.8 Å². The van der Waals surface area contributed by atoms with E-state index in [-0.39, 0.29) is 5.82 Å². The topological polar surface area (TPSA) is 30.5 Å². The minimum Gasteiger partial charge on any atom is -0.493 e. The molecular formula is C22H28FNO2. The number of ether oxygens (including phenoxy) is 2. The van der Waals surface area contributed by atoms with E-state index in [1.807, 2.05) is 12.1 Å². The van der Waals surface area contributed by atoms with Crippen molar-refractivity contribution >= 4 is 0 Å². The molecule has 0 aromatic heterocycles. The average Bonchev–Trinajstić information content (AvgIpc) is 2.95. The Kier molecular flexibility index (Phi) is 6.89. The summed E-state index contributed by atoms with van der Waals surface area (Å²) in [5.41, 5.74) is 2.02. The summed E-state index contributed by atoms with van der Waals surface area (Å²) in [4.78, 5) is 0. The van der Waals surface area contributed by atoms with Crippen LogP contribution in [0.15, 0.2) is 42.5 Å². The maximum Gasteiger partial charge on any atom is 0.166 e. The van der Waals surface area contributed by atoms with Crippen LogP contribution < -0.4 is 14.8 Å². The van der Waals surface area contributed by atoms with Crippen LogP contribution in [0, 0.1) is 5.82 Å². The van der Waals surface area contributed by atoms with E-state index in [2.05, 4.69) is 11.4 Å². The minimum absolute atomic E-state index is 0.237. The highest BCUT2D eigenvalue weighted by Crippen LogP contribution is 2.32. The van der Waals surface area contributed by atoms with E-state index in [9.17, 15) is 4.39 Å². The van der Waals surface area contributed by atoms with Gasteiger partial charge in [-0.15, -0.1) is 0 Å². The van der Waals surface area contributed by atoms with Crippen molar-refractivity contribution in [1.82, 2.24) is 5.32 Å². The van der Waals surface area contributed by atoms with Gasteiger partial charge in [0.1, 0.15) is 12.4 Å². The van der Waals surface area contributed by atoms with Crippen molar-refractivity contribution in [3.05, 3.63) is 59.4 Å². The molecule has 1 fully saturated rings. The first kappa shape index (κ1) is 18.7. The van der Waals surface area contributed by atoms with Crippen LogP contribution >= 0.6 is 0 Å². The summed E-state index contributed by atoms with van der Waals surface area (Å²) in [6.45, 7) is 1.15. The highest BCUT2D eigenvalue weighted by molar-refractivity contribution is 5.46. The van der Waals surface area contributed by atoms with Crippen molar-refractivity contribution in [3.63, 3.8) is 0 Å². The van der Waals surface area contributed by atoms with Crippen LogP contribution in [0.3, 0.4) is 0 Å². The molecule has 1 N–H and O–H groups in total. The fraction of sp³-hybridized carbons (Fsp3) is 0.455. The molecule has 140 valence electrons. The Morgan fingerprint density at radius 2 is 1.73 bits per heavy atom. The second kappa shape index (κ2) is 9.58. The molecule has 0 bridgehead atoms. The quantitative estimate of drug-likeness (QED) is 0.689. The van der Waals surface area contributed by atoms with Gasteiger partial charge in [0.25, 0.3) is 0 Å². The second-order valence-electron chi connectivity index (χ2n) is 6.93. The van der Waals surface area contributed by atoms with Gasteiger partial charge in [0.15, 0.2) is 11.5 Å². The minimum atomic E-state index is -0.237. The smallest absolute Gasteiger partial charge is 0.166 e. The van der Waals surface area contributed by atoms with Gasteiger partial charge in [0.05, 0.1) is 7.11 Å². The van der Waals surface area contributed by atoms with Crippen molar-refractivity contribution in [3.8, 4) is 11.5 Å². The first-order chi connectivity index (χ1) is 12.8. The van der Waals surface area contributed by atoms with E-state index in [0.29, 0.717) is 12.6 Å². The monoisotopic (exact) mass is 357 g/mol. The van der Waals surface area contributed by atoms with Gasteiger partial charge in [-0.3, -0.25) is 0 Å². The normalized spacial score (nSPS) is 15.5. The number of hydrogen-bond acceptors (Lipinski definition) is 3. The molecule has 0 atom stereocenters. The van der Waals surface area contributed by atoms with Crippen LogP contribution in [0.5, 0.6) is 11.5 Å². The number of benzene rings is 2. The van der Waals surface area contributed by atoms with Gasteiger partial charge in [-0.25, -0.2) is 4.39 Å². The Morgan fingerprint density at radius 1 is 1.00 bits per heavy atom. The average molecular weight is 357 g/mol. The van der Waals surface area contributed by atoms with Crippen molar-refractivity contribution < 1.29 is 13.9 Å². The standard InChI is InChI=1S/C22H28FNO2/c1-25-21-10-6-7-18(15-24-20-8-4-2-3-5-9-20)22(21)26-16-17-11-13-19(23)14-12-17/h6-7,10-14,20,24H,2-5,8-9,15-16H2,1H3. The zero-order valence-electron chi connectivity index (χ0n) is 15.5. The lowest BCUT2D eigenvalue weighted by Gasteiger charge is -2.19. The van der Waals surface area contributed by atoms with Crippen molar-refractivity contribution in [1.29, 1.82) is 0 Å². The Morgan fingerprint density at radius 3 is 2.42 bits per heavy atom. The van der Waals surface area contributed by atoms with Crippen LogP contribution in [0.1, 0.15) is 49.7 Å². The Hall–Kier alpha value is -2.07. The largest absolute Gasteiger partial charge is 0.493 e. The number of halogens is 1. The van der Waals surface area contributed by atoms with Gasteiger partial charge in [-0.1, -0.05) is 49.9 Å². The predicted molar refractivity (Wildman–Crippen MR) is 102 cm³/mol. The first-order valence-electron chi connectivity index (χ1n) is 9.53. The number of para-hydroxylation sites is 1. The molecule has 0 amide bonds. The molecule has 1 aliphatic rings. The highest BCUT2D eigenvalue weighted by Gasteiger charge is 2.15. The van der Waals surface area contributed by atoms with Crippen LogP contribution in [-0.4, -0.2) is 13.2 Å². The first-order valence-corrected chi connectivity index (χ1v) is 9.53. The van der Waals surface area contributed by atoms with Crippen LogP contribution in [-0.2, 0) is 13.2 Å². The summed E-state index contributed by atoms with van der Waals surface area (Å²) >= 11 is 0. The lowest BCUT2D eigenvalue weighted by atomic mass is 10.1. The van der Waals surface area contributed by atoms with Crippen LogP contribution in [0.4, 0.5) is 4.39 Å². The fourth-order valence-electron chi connectivity index (χ4n) is 3.50. The summed E-state index contributed by atoms with van der Waals surface area (Å²) in [6, 6.07) is 13.0. The predicted octanol–water partition coefficient (Wildman–Crippen LogP) is 5.23. The number of rotatable bonds is 7. The molecule has 1 aliphatic carbocycles. The molecule has 0 heterocycles. The second-order valence-corrected chi connectivity index (χ2v) is 6.93. The summed E-state index contributed by atoms with van der Waals surface area (Å²) in [7, 11) is 1.66. The number of hydrogen-bond donors (Lipinski definition) is 1. The van der Waals surface area contributed by atoms with E-state index in [4.69, 9.17) is 9.47 Å². The van der Waals surface area contributed by atoms with Gasteiger partial charge in [-0.05, 0) is 36.6 Å². The van der Waals surface area contributed by atoms with E-state index in [1.54, 1.807) is 19.2 Å². The molecule has 3 rings (SSSR count). The Balaban J connectivity index is 1.67. The van der Waals surface area contributed by atoms with E-state index < -0.39 is 0 Å². The molecule has 0 spiro atoms. The third-order valence-electron chi connectivity index (χ3n) is 5.01. The molecule has 0 saturated heterocycles.